The maximum Gasteiger partial charge on any atom is 1.00 e. The molecule has 1 heteroatoms. The molecule has 0 N–H and O–H groups in total. The first-order chi connectivity index (χ1) is 7.42. The van der Waals surface area contributed by atoms with Gasteiger partial charge in [-0.15, -0.1) is 11.6 Å². The molecule has 0 saturated heterocycles. The molecule has 1 aromatic rings. The largest absolute Gasteiger partial charge is 1.00 e. The van der Waals surface area contributed by atoms with Gasteiger partial charge in [0.15, 0.2) is 0 Å². The molecule has 0 aromatic heterocycles. The van der Waals surface area contributed by atoms with E-state index in [2.05, 4.69) is 43.3 Å². The molecule has 0 spiro atoms. The number of unbranched alkanes of at least 4 members (excludes halogenated alkanes) is 3. The van der Waals surface area contributed by atoms with Crippen LogP contribution in [0.2, 0.25) is 0 Å². The average Bonchev–Trinajstić information content (AvgIpc) is 2.68. The van der Waals surface area contributed by atoms with Crippen molar-refractivity contribution in [1.29, 1.82) is 0 Å². The maximum atomic E-state index is 3.47. The van der Waals surface area contributed by atoms with Gasteiger partial charge in [-0.05, 0) is 0 Å². The van der Waals surface area contributed by atoms with E-state index in [0.717, 1.165) is 0 Å². The summed E-state index contributed by atoms with van der Waals surface area (Å²) in [4.78, 5) is 0. The van der Waals surface area contributed by atoms with Crippen LogP contribution in [0.5, 0.6) is 0 Å². The third-order valence-electron chi connectivity index (χ3n) is 3.16. The summed E-state index contributed by atoms with van der Waals surface area (Å²) < 4.78 is 0. The summed E-state index contributed by atoms with van der Waals surface area (Å²) in [5, 5.41) is 0. The standard InChI is InChI=1S/C15H19.Li/c1-2-3-4-5-8-13-11-12-14-9-6-7-10-15(13)14;/h6-7,9-10,12-13H,2-5,8H2,1H3;/q-1;+1. The average molecular weight is 206 g/mol. The van der Waals surface area contributed by atoms with Crippen LogP contribution in [0.1, 0.15) is 56.1 Å². The molecule has 0 saturated carbocycles. The van der Waals surface area contributed by atoms with Gasteiger partial charge in [0.25, 0.3) is 0 Å². The number of hydrogen-bond acceptors (Lipinski definition) is 0. The van der Waals surface area contributed by atoms with E-state index < -0.39 is 0 Å². The van der Waals surface area contributed by atoms with Crippen molar-refractivity contribution in [2.75, 3.05) is 0 Å². The normalized spacial score (nSPS) is 16.9. The Balaban J connectivity index is 0.00000128. The number of fused-ring (bicyclic) bond motifs is 1. The van der Waals surface area contributed by atoms with Crippen LogP contribution in [0.25, 0.3) is 6.08 Å². The SMILES string of the molecule is CCCCCCC1[C-]=Cc2ccccc21.[Li+]. The Morgan fingerprint density at radius 3 is 2.75 bits per heavy atom. The predicted molar refractivity (Wildman–Crippen MR) is 65.6 cm³/mol. The summed E-state index contributed by atoms with van der Waals surface area (Å²) in [6.45, 7) is 2.26. The molecule has 0 aliphatic heterocycles. The Kier molecular flexibility index (Phi) is 5.96. The molecule has 2 rings (SSSR count). The molecule has 1 atom stereocenters. The second-order valence-corrected chi connectivity index (χ2v) is 4.34. The van der Waals surface area contributed by atoms with Crippen LogP contribution in [-0.2, 0) is 0 Å². The van der Waals surface area contributed by atoms with E-state index >= 15 is 0 Å². The zero-order chi connectivity index (χ0) is 10.5. The molecule has 0 fully saturated rings. The van der Waals surface area contributed by atoms with Gasteiger partial charge >= 0.3 is 18.9 Å². The van der Waals surface area contributed by atoms with E-state index in [4.69, 9.17) is 0 Å². The second kappa shape index (κ2) is 7.00. The van der Waals surface area contributed by atoms with Crippen molar-refractivity contribution in [3.63, 3.8) is 0 Å². The molecule has 0 nitrogen and oxygen atoms in total. The molecular weight excluding hydrogens is 187 g/mol. The van der Waals surface area contributed by atoms with Gasteiger partial charge in [0.1, 0.15) is 0 Å². The molecule has 0 radical (unpaired) electrons. The minimum absolute atomic E-state index is 0. The Morgan fingerprint density at radius 2 is 1.94 bits per heavy atom. The van der Waals surface area contributed by atoms with Gasteiger partial charge in [0, 0.05) is 0 Å². The van der Waals surface area contributed by atoms with Gasteiger partial charge in [-0.3, -0.25) is 6.08 Å². The fourth-order valence-electron chi connectivity index (χ4n) is 2.25. The topological polar surface area (TPSA) is 0 Å². The smallest absolute Gasteiger partial charge is 0.268 e. The zero-order valence-corrected chi connectivity index (χ0v) is 10.5. The number of allylic oxidation sites excluding steroid dienone is 1. The van der Waals surface area contributed by atoms with Gasteiger partial charge in [0.2, 0.25) is 0 Å². The summed E-state index contributed by atoms with van der Waals surface area (Å²) in [5.41, 5.74) is 2.85. The molecule has 0 heterocycles. The quantitative estimate of drug-likeness (QED) is 0.390. The minimum Gasteiger partial charge on any atom is -0.268 e. The molecule has 80 valence electrons. The van der Waals surface area contributed by atoms with Crippen LogP contribution in [0.3, 0.4) is 0 Å². The third kappa shape index (κ3) is 3.27. The van der Waals surface area contributed by atoms with Crippen molar-refractivity contribution in [3.8, 4) is 0 Å². The fourth-order valence-corrected chi connectivity index (χ4v) is 2.25. The van der Waals surface area contributed by atoms with Crippen molar-refractivity contribution in [2.45, 2.75) is 44.9 Å². The van der Waals surface area contributed by atoms with Crippen LogP contribution in [-0.4, -0.2) is 0 Å². The summed E-state index contributed by atoms with van der Waals surface area (Å²) in [6, 6.07) is 8.68. The van der Waals surface area contributed by atoms with Gasteiger partial charge in [-0.2, -0.15) is 5.56 Å². The molecule has 1 aliphatic rings. The summed E-state index contributed by atoms with van der Waals surface area (Å²) in [6.07, 6.45) is 12.3. The van der Waals surface area contributed by atoms with Crippen LogP contribution in [0.4, 0.5) is 0 Å². The summed E-state index contributed by atoms with van der Waals surface area (Å²) in [5.74, 6) is 0.568. The van der Waals surface area contributed by atoms with Crippen LogP contribution < -0.4 is 18.9 Å². The van der Waals surface area contributed by atoms with E-state index in [-0.39, 0.29) is 18.9 Å². The molecular formula is C15H19Li. The van der Waals surface area contributed by atoms with Crippen LogP contribution in [0.15, 0.2) is 24.3 Å². The van der Waals surface area contributed by atoms with Crippen molar-refractivity contribution >= 4 is 6.08 Å². The van der Waals surface area contributed by atoms with Crippen LogP contribution in [0, 0.1) is 6.08 Å². The number of benzene rings is 1. The van der Waals surface area contributed by atoms with Crippen molar-refractivity contribution in [1.82, 2.24) is 0 Å². The first-order valence-electron chi connectivity index (χ1n) is 6.10. The fraction of sp³-hybridized carbons (Fsp3) is 0.467. The summed E-state index contributed by atoms with van der Waals surface area (Å²) in [7, 11) is 0. The van der Waals surface area contributed by atoms with Crippen molar-refractivity contribution in [2.24, 2.45) is 0 Å². The van der Waals surface area contributed by atoms with Crippen molar-refractivity contribution in [3.05, 3.63) is 41.5 Å². The van der Waals surface area contributed by atoms with Crippen LogP contribution >= 0.6 is 0 Å². The molecule has 0 bridgehead atoms. The third-order valence-corrected chi connectivity index (χ3v) is 3.16. The zero-order valence-electron chi connectivity index (χ0n) is 10.5. The Bertz CT molecular complexity index is 341. The van der Waals surface area contributed by atoms with Crippen molar-refractivity contribution < 1.29 is 18.9 Å². The van der Waals surface area contributed by atoms with Gasteiger partial charge in [0.05, 0.1) is 0 Å². The number of hydrogen-bond donors (Lipinski definition) is 0. The van der Waals surface area contributed by atoms with E-state index in [1.165, 1.54) is 43.2 Å². The first kappa shape index (κ1) is 13.6. The minimum atomic E-state index is 0. The second-order valence-electron chi connectivity index (χ2n) is 4.34. The predicted octanol–water partition coefficient (Wildman–Crippen LogP) is 1.57. The first-order valence-corrected chi connectivity index (χ1v) is 6.10. The molecule has 16 heavy (non-hydrogen) atoms. The number of rotatable bonds is 5. The van der Waals surface area contributed by atoms with E-state index in [1.807, 2.05) is 0 Å². The summed E-state index contributed by atoms with van der Waals surface area (Å²) >= 11 is 0. The molecule has 1 aromatic carbocycles. The molecule has 1 unspecified atom stereocenters. The maximum absolute atomic E-state index is 3.47. The van der Waals surface area contributed by atoms with Gasteiger partial charge < -0.3 is 0 Å². The molecule has 1 aliphatic carbocycles. The van der Waals surface area contributed by atoms with E-state index in [9.17, 15) is 0 Å². The van der Waals surface area contributed by atoms with Gasteiger partial charge in [-0.25, -0.2) is 6.08 Å². The molecule has 0 amide bonds. The Hall–Kier alpha value is -0.443. The van der Waals surface area contributed by atoms with E-state index in [1.54, 1.807) is 0 Å². The Morgan fingerprint density at radius 1 is 1.12 bits per heavy atom. The van der Waals surface area contributed by atoms with E-state index in [0.29, 0.717) is 5.92 Å². The van der Waals surface area contributed by atoms with Gasteiger partial charge in [-0.1, -0.05) is 63.1 Å². The monoisotopic (exact) mass is 206 g/mol. The Labute approximate surface area is 111 Å².